The van der Waals surface area contributed by atoms with Crippen molar-refractivity contribution in [2.45, 2.75) is 20.8 Å². The molecule has 9 heteroatoms. The molecule has 0 aromatic rings. The summed E-state index contributed by atoms with van der Waals surface area (Å²) in [5.41, 5.74) is 0. The van der Waals surface area contributed by atoms with Gasteiger partial charge < -0.3 is 14.2 Å². The first kappa shape index (κ1) is 17.6. The number of Topliss-reactive ketones (excluding diaryl/α,β-unsaturated/α-hetero) is 2. The number of carbonyl (C=O) groups excluding carboxylic acids is 4. The summed E-state index contributed by atoms with van der Waals surface area (Å²) in [6.07, 6.45) is 0. The van der Waals surface area contributed by atoms with Crippen molar-refractivity contribution in [2.75, 3.05) is 19.8 Å². The molecule has 1 heterocycles. The lowest BCUT2D eigenvalue weighted by Crippen LogP contribution is -2.36. The Balaban J connectivity index is 2.94. The summed E-state index contributed by atoms with van der Waals surface area (Å²) in [6.45, 7) is 4.67. The van der Waals surface area contributed by atoms with Gasteiger partial charge in [-0.05, 0) is 20.8 Å². The van der Waals surface area contributed by atoms with Crippen LogP contribution in [0, 0.1) is 5.92 Å². The average Bonchev–Trinajstić information content (AvgIpc) is 3.24. The van der Waals surface area contributed by atoms with Crippen molar-refractivity contribution in [3.63, 3.8) is 0 Å². The molecule has 0 saturated heterocycles. The minimum atomic E-state index is -1.80. The molecule has 0 atom stereocenters. The maximum atomic E-state index is 12.0. The molecule has 0 fully saturated rings. The van der Waals surface area contributed by atoms with Gasteiger partial charge >= 0.3 is 17.9 Å². The minimum Gasteiger partial charge on any atom is -0.460 e. The number of allylic oxidation sites excluding steroid dienone is 1. The second-order valence-corrected chi connectivity index (χ2v) is 3.85. The molecule has 9 nitrogen and oxygen atoms in total. The first-order valence-corrected chi connectivity index (χ1v) is 6.61. The summed E-state index contributed by atoms with van der Waals surface area (Å²) in [7, 11) is 0. The topological polar surface area (TPSA) is 118 Å². The smallest absolute Gasteiger partial charge is 0.375 e. The third kappa shape index (κ3) is 4.29. The summed E-state index contributed by atoms with van der Waals surface area (Å²) in [6, 6.07) is 0. The third-order valence-electron chi connectivity index (χ3n) is 2.35. The fraction of sp³-hybridized carbons (Fsp3) is 0.538. The zero-order chi connectivity index (χ0) is 16.7. The van der Waals surface area contributed by atoms with Crippen LogP contribution in [-0.4, -0.2) is 43.3 Å². The molecule has 22 heavy (non-hydrogen) atoms. The van der Waals surface area contributed by atoms with Gasteiger partial charge in [0.25, 0.3) is 11.6 Å². The molecule has 0 amide bonds. The normalized spacial score (nSPS) is 12.5. The molecule has 1 rings (SSSR count). The Bertz CT molecular complexity index is 476. The molecule has 0 radical (unpaired) electrons. The van der Waals surface area contributed by atoms with E-state index in [1.807, 2.05) is 0 Å². The van der Waals surface area contributed by atoms with Crippen molar-refractivity contribution in [3.8, 4) is 0 Å². The van der Waals surface area contributed by atoms with Gasteiger partial charge in [0.05, 0.1) is 19.8 Å². The van der Waals surface area contributed by atoms with Crippen LogP contribution in [0.2, 0.25) is 0 Å². The fourth-order valence-corrected chi connectivity index (χ4v) is 1.42. The molecule has 0 N–H and O–H groups in total. The van der Waals surface area contributed by atoms with E-state index in [2.05, 4.69) is 19.2 Å². The van der Waals surface area contributed by atoms with Crippen molar-refractivity contribution in [3.05, 3.63) is 11.7 Å². The zero-order valence-corrected chi connectivity index (χ0v) is 12.4. The van der Waals surface area contributed by atoms with E-state index in [0.29, 0.717) is 0 Å². The van der Waals surface area contributed by atoms with Crippen molar-refractivity contribution in [1.29, 1.82) is 0 Å². The molecular formula is C13H16O9. The Kier molecular flexibility index (Phi) is 6.51. The van der Waals surface area contributed by atoms with Gasteiger partial charge in [0.15, 0.2) is 5.92 Å². The first-order chi connectivity index (χ1) is 10.5. The highest BCUT2D eigenvalue weighted by atomic mass is 17.2. The predicted octanol–water partition coefficient (Wildman–Crippen LogP) is 0.0344. The molecule has 0 bridgehead atoms. The van der Waals surface area contributed by atoms with Gasteiger partial charge in [-0.1, -0.05) is 0 Å². The second-order valence-electron chi connectivity index (χ2n) is 3.85. The summed E-state index contributed by atoms with van der Waals surface area (Å²) >= 11 is 0. The standard InChI is InChI=1S/C13H16O9/c1-4-18-11(16)8(14)7(9(15)12(17)19-5-2)10-13(21-10)22-20-6-3/h7H,4-6H2,1-3H3. The van der Waals surface area contributed by atoms with E-state index in [0.717, 1.165) is 0 Å². The van der Waals surface area contributed by atoms with Crippen LogP contribution in [0.15, 0.2) is 11.7 Å². The van der Waals surface area contributed by atoms with Gasteiger partial charge in [-0.15, -0.1) is 0 Å². The highest BCUT2D eigenvalue weighted by Crippen LogP contribution is 2.35. The van der Waals surface area contributed by atoms with Gasteiger partial charge in [0, 0.05) is 0 Å². The summed E-state index contributed by atoms with van der Waals surface area (Å²) in [5.74, 6) is -7.33. The number of rotatable bonds is 10. The molecule has 1 aliphatic rings. The van der Waals surface area contributed by atoms with E-state index in [-0.39, 0.29) is 31.5 Å². The maximum absolute atomic E-state index is 12.0. The molecule has 0 aromatic carbocycles. The Morgan fingerprint density at radius 2 is 1.41 bits per heavy atom. The van der Waals surface area contributed by atoms with Crippen LogP contribution in [0.25, 0.3) is 0 Å². The molecule has 122 valence electrons. The predicted molar refractivity (Wildman–Crippen MR) is 67.6 cm³/mol. The molecular weight excluding hydrogens is 300 g/mol. The lowest BCUT2D eigenvalue weighted by atomic mass is 9.98. The molecule has 0 unspecified atom stereocenters. The number of esters is 2. The van der Waals surface area contributed by atoms with Gasteiger partial charge in [-0.25, -0.2) is 9.59 Å². The molecule has 0 aliphatic carbocycles. The highest BCUT2D eigenvalue weighted by molar-refractivity contribution is 6.48. The van der Waals surface area contributed by atoms with Gasteiger partial charge in [0.1, 0.15) is 0 Å². The van der Waals surface area contributed by atoms with Gasteiger partial charge in [0.2, 0.25) is 5.76 Å². The van der Waals surface area contributed by atoms with Crippen LogP contribution in [0.3, 0.4) is 0 Å². The van der Waals surface area contributed by atoms with E-state index in [1.165, 1.54) is 13.8 Å². The lowest BCUT2D eigenvalue weighted by Gasteiger charge is -2.07. The Morgan fingerprint density at radius 1 is 0.909 bits per heavy atom. The van der Waals surface area contributed by atoms with Crippen LogP contribution in [-0.2, 0) is 43.2 Å². The highest BCUT2D eigenvalue weighted by Gasteiger charge is 2.50. The minimum absolute atomic E-state index is 0.0624. The van der Waals surface area contributed by atoms with Crippen LogP contribution >= 0.6 is 0 Å². The number of hydrogen-bond donors (Lipinski definition) is 0. The maximum Gasteiger partial charge on any atom is 0.375 e. The number of ketones is 2. The second kappa shape index (κ2) is 8.13. The van der Waals surface area contributed by atoms with E-state index in [9.17, 15) is 19.2 Å². The Morgan fingerprint density at radius 3 is 1.82 bits per heavy atom. The summed E-state index contributed by atoms with van der Waals surface area (Å²) in [5, 5.41) is 0. The van der Waals surface area contributed by atoms with E-state index in [1.54, 1.807) is 6.92 Å². The quantitative estimate of drug-likeness (QED) is 0.181. The van der Waals surface area contributed by atoms with Crippen molar-refractivity contribution in [2.24, 2.45) is 5.92 Å². The first-order valence-electron chi connectivity index (χ1n) is 6.61. The SMILES string of the molecule is CCOOC1=C(C(C(=O)C(=O)OCC)C(=O)C(=O)OCC)O1. The van der Waals surface area contributed by atoms with Crippen molar-refractivity contribution >= 4 is 23.5 Å². The molecule has 0 spiro atoms. The van der Waals surface area contributed by atoms with E-state index in [4.69, 9.17) is 4.74 Å². The Labute approximate surface area is 126 Å². The van der Waals surface area contributed by atoms with E-state index >= 15 is 0 Å². The number of hydrogen-bond acceptors (Lipinski definition) is 9. The fourth-order valence-electron chi connectivity index (χ4n) is 1.42. The summed E-state index contributed by atoms with van der Waals surface area (Å²) in [4.78, 5) is 56.1. The van der Waals surface area contributed by atoms with Crippen LogP contribution in [0.1, 0.15) is 20.8 Å². The van der Waals surface area contributed by atoms with Crippen molar-refractivity contribution in [1.82, 2.24) is 0 Å². The van der Waals surface area contributed by atoms with E-state index < -0.39 is 29.4 Å². The largest absolute Gasteiger partial charge is 0.460 e. The molecule has 0 aromatic heterocycles. The zero-order valence-electron chi connectivity index (χ0n) is 12.4. The van der Waals surface area contributed by atoms with Crippen LogP contribution in [0.5, 0.6) is 0 Å². The number of ether oxygens (including phenoxy) is 3. The monoisotopic (exact) mass is 316 g/mol. The van der Waals surface area contributed by atoms with Gasteiger partial charge in [-0.3, -0.25) is 14.5 Å². The molecule has 1 aliphatic heterocycles. The van der Waals surface area contributed by atoms with Crippen LogP contribution < -0.4 is 0 Å². The Hall–Kier alpha value is -2.42. The van der Waals surface area contributed by atoms with Gasteiger partial charge in [-0.2, -0.15) is 4.89 Å². The number of carbonyl (C=O) groups is 4. The summed E-state index contributed by atoms with van der Waals surface area (Å²) < 4.78 is 13.9. The average molecular weight is 316 g/mol. The lowest BCUT2D eigenvalue weighted by molar-refractivity contribution is -0.267. The molecule has 0 saturated carbocycles. The third-order valence-corrected chi connectivity index (χ3v) is 2.35. The van der Waals surface area contributed by atoms with Crippen LogP contribution in [0.4, 0.5) is 0 Å². The van der Waals surface area contributed by atoms with Crippen molar-refractivity contribution < 1.29 is 43.2 Å².